The minimum atomic E-state index is -3.83. The van der Waals surface area contributed by atoms with E-state index in [4.69, 9.17) is 16.3 Å². The van der Waals surface area contributed by atoms with E-state index >= 15 is 0 Å². The number of ether oxygens (including phenoxy) is 1. The minimum absolute atomic E-state index is 0.0984. The largest absolute Gasteiger partial charge is 0.457 e. The molecule has 0 bridgehead atoms. The molecule has 32 heavy (non-hydrogen) atoms. The van der Waals surface area contributed by atoms with Gasteiger partial charge in [0.25, 0.3) is 10.0 Å². The van der Waals surface area contributed by atoms with E-state index in [2.05, 4.69) is 0 Å². The summed E-state index contributed by atoms with van der Waals surface area (Å²) in [5, 5.41) is 0.456. The minimum Gasteiger partial charge on any atom is -0.457 e. The number of sulfone groups is 1. The van der Waals surface area contributed by atoms with E-state index in [0.717, 1.165) is 6.26 Å². The number of anilines is 1. The summed E-state index contributed by atoms with van der Waals surface area (Å²) < 4.78 is 56.9. The summed E-state index contributed by atoms with van der Waals surface area (Å²) in [6.07, 6.45) is 1.13. The molecule has 0 saturated carbocycles. The molecule has 0 aliphatic heterocycles. The topological polar surface area (TPSA) is 80.8 Å². The van der Waals surface area contributed by atoms with Crippen LogP contribution in [-0.4, -0.2) is 29.6 Å². The first-order valence-electron chi connectivity index (χ1n) is 9.83. The predicted molar refractivity (Wildman–Crippen MR) is 127 cm³/mol. The van der Waals surface area contributed by atoms with Crippen molar-refractivity contribution in [3.8, 4) is 11.5 Å². The van der Waals surface area contributed by atoms with Crippen LogP contribution in [0.25, 0.3) is 0 Å². The average molecular weight is 494 g/mol. The lowest BCUT2D eigenvalue weighted by Gasteiger charge is -2.26. The normalized spacial score (nSPS) is 12.0. The summed E-state index contributed by atoms with van der Waals surface area (Å²) in [5.74, 6) is 0.962. The second-order valence-electron chi connectivity index (χ2n) is 7.73. The van der Waals surface area contributed by atoms with E-state index in [0.29, 0.717) is 28.8 Å². The third-order valence-corrected chi connectivity index (χ3v) is 7.70. The molecule has 0 aromatic heterocycles. The van der Waals surface area contributed by atoms with Gasteiger partial charge in [-0.2, -0.15) is 0 Å². The number of hydrogen-bond acceptors (Lipinski definition) is 5. The van der Waals surface area contributed by atoms with Gasteiger partial charge in [0.2, 0.25) is 0 Å². The maximum atomic E-state index is 13.4. The molecule has 3 aromatic rings. The molecule has 6 nitrogen and oxygen atoms in total. The van der Waals surface area contributed by atoms with Gasteiger partial charge in [-0.15, -0.1) is 0 Å². The lowest BCUT2D eigenvalue weighted by atomic mass is 10.2. The highest BCUT2D eigenvalue weighted by molar-refractivity contribution is 7.92. The molecular weight excluding hydrogens is 470 g/mol. The second-order valence-corrected chi connectivity index (χ2v) is 12.0. The van der Waals surface area contributed by atoms with Crippen molar-refractivity contribution in [2.45, 2.75) is 23.6 Å². The zero-order valence-corrected chi connectivity index (χ0v) is 20.3. The molecule has 0 aliphatic rings. The van der Waals surface area contributed by atoms with Gasteiger partial charge in [0, 0.05) is 17.8 Å². The lowest BCUT2D eigenvalue weighted by Crippen LogP contribution is -2.34. The summed E-state index contributed by atoms with van der Waals surface area (Å²) in [7, 11) is -7.12. The third kappa shape index (κ3) is 5.82. The summed E-state index contributed by atoms with van der Waals surface area (Å²) in [6.45, 7) is 4.19. The Kier molecular flexibility index (Phi) is 7.17. The smallest absolute Gasteiger partial charge is 0.264 e. The molecule has 0 N–H and O–H groups in total. The fourth-order valence-corrected chi connectivity index (χ4v) is 5.44. The zero-order valence-electron chi connectivity index (χ0n) is 17.9. The van der Waals surface area contributed by atoms with Crippen LogP contribution in [0.3, 0.4) is 0 Å². The first kappa shape index (κ1) is 24.1. The Balaban J connectivity index is 1.85. The molecular formula is C23H24ClNO5S2. The first-order chi connectivity index (χ1) is 15.0. The van der Waals surface area contributed by atoms with Crippen molar-refractivity contribution in [1.29, 1.82) is 0 Å². The van der Waals surface area contributed by atoms with Crippen LogP contribution in [0.5, 0.6) is 11.5 Å². The van der Waals surface area contributed by atoms with Gasteiger partial charge >= 0.3 is 0 Å². The average Bonchev–Trinajstić information content (AvgIpc) is 2.72. The van der Waals surface area contributed by atoms with Crippen LogP contribution in [0.2, 0.25) is 5.02 Å². The molecule has 0 unspecified atom stereocenters. The monoisotopic (exact) mass is 493 g/mol. The first-order valence-corrected chi connectivity index (χ1v) is 13.5. The van der Waals surface area contributed by atoms with E-state index in [1.54, 1.807) is 48.5 Å². The summed E-state index contributed by atoms with van der Waals surface area (Å²) in [4.78, 5) is 0.315. The molecule has 170 valence electrons. The number of rotatable bonds is 8. The Morgan fingerprint density at radius 3 is 1.84 bits per heavy atom. The molecule has 9 heteroatoms. The highest BCUT2D eigenvalue weighted by Crippen LogP contribution is 2.29. The quantitative estimate of drug-likeness (QED) is 0.420. The molecule has 0 aliphatic carbocycles. The number of sulfonamides is 1. The van der Waals surface area contributed by atoms with Crippen molar-refractivity contribution in [1.82, 2.24) is 0 Å². The number of halogens is 1. The van der Waals surface area contributed by atoms with Crippen molar-refractivity contribution < 1.29 is 21.6 Å². The van der Waals surface area contributed by atoms with Gasteiger partial charge in [-0.25, -0.2) is 16.8 Å². The van der Waals surface area contributed by atoms with Crippen molar-refractivity contribution in [2.75, 3.05) is 17.1 Å². The van der Waals surface area contributed by atoms with Crippen LogP contribution in [0.1, 0.15) is 13.8 Å². The number of benzene rings is 3. The predicted octanol–water partition coefficient (Wildman–Crippen LogP) is 5.39. The fraction of sp³-hybridized carbons (Fsp3) is 0.217. The summed E-state index contributed by atoms with van der Waals surface area (Å²) in [5.41, 5.74) is 0.498. The Labute approximate surface area is 194 Å². The Bertz CT molecular complexity index is 1290. The van der Waals surface area contributed by atoms with Crippen molar-refractivity contribution in [3.05, 3.63) is 77.8 Å². The van der Waals surface area contributed by atoms with Crippen LogP contribution < -0.4 is 9.04 Å². The molecule has 0 radical (unpaired) electrons. The van der Waals surface area contributed by atoms with E-state index in [9.17, 15) is 16.8 Å². The Morgan fingerprint density at radius 2 is 1.38 bits per heavy atom. The van der Waals surface area contributed by atoms with Crippen LogP contribution in [0, 0.1) is 5.92 Å². The second kappa shape index (κ2) is 9.52. The van der Waals surface area contributed by atoms with Gasteiger partial charge in [0.15, 0.2) is 9.84 Å². The number of hydrogen-bond donors (Lipinski definition) is 0. The molecule has 0 amide bonds. The molecule has 0 heterocycles. The molecule has 0 spiro atoms. The lowest BCUT2D eigenvalue weighted by molar-refractivity contribution is 0.481. The standard InChI is InChI=1S/C23H24ClNO5S2/c1-17(2)16-25(19-6-4-5-18(24)15-19)32(28,29)23-13-9-21(10-14-23)30-20-7-11-22(12-8-20)31(3,26)27/h4-15,17H,16H2,1-3H3. The maximum Gasteiger partial charge on any atom is 0.264 e. The van der Waals surface area contributed by atoms with Gasteiger partial charge in [-0.3, -0.25) is 4.31 Å². The van der Waals surface area contributed by atoms with E-state index in [1.807, 2.05) is 13.8 Å². The van der Waals surface area contributed by atoms with E-state index in [1.165, 1.54) is 28.6 Å². The van der Waals surface area contributed by atoms with Crippen LogP contribution in [0.4, 0.5) is 5.69 Å². The molecule has 3 rings (SSSR count). The molecule has 0 atom stereocenters. The summed E-state index contributed by atoms with van der Waals surface area (Å²) in [6, 6.07) is 18.8. The zero-order chi connectivity index (χ0) is 23.5. The molecule has 0 saturated heterocycles. The maximum absolute atomic E-state index is 13.4. The van der Waals surface area contributed by atoms with Crippen LogP contribution in [-0.2, 0) is 19.9 Å². The van der Waals surface area contributed by atoms with Gasteiger partial charge in [-0.1, -0.05) is 31.5 Å². The molecule has 0 fully saturated rings. The Hall–Kier alpha value is -2.55. The highest BCUT2D eigenvalue weighted by atomic mass is 35.5. The van der Waals surface area contributed by atoms with Crippen molar-refractivity contribution in [3.63, 3.8) is 0 Å². The van der Waals surface area contributed by atoms with Gasteiger partial charge in [0.05, 0.1) is 15.5 Å². The third-order valence-electron chi connectivity index (χ3n) is 4.53. The SMILES string of the molecule is CC(C)CN(c1cccc(Cl)c1)S(=O)(=O)c1ccc(Oc2ccc(S(C)(=O)=O)cc2)cc1. The van der Waals surface area contributed by atoms with Gasteiger partial charge in [0.1, 0.15) is 11.5 Å². The summed E-state index contributed by atoms with van der Waals surface area (Å²) >= 11 is 6.08. The Morgan fingerprint density at radius 1 is 0.844 bits per heavy atom. The van der Waals surface area contributed by atoms with Gasteiger partial charge in [-0.05, 0) is 72.6 Å². The molecule has 3 aromatic carbocycles. The van der Waals surface area contributed by atoms with Crippen LogP contribution >= 0.6 is 11.6 Å². The fourth-order valence-electron chi connectivity index (χ4n) is 3.00. The highest BCUT2D eigenvalue weighted by Gasteiger charge is 2.26. The van der Waals surface area contributed by atoms with Crippen LogP contribution in [0.15, 0.2) is 82.6 Å². The number of nitrogens with zero attached hydrogens (tertiary/aromatic N) is 1. The van der Waals surface area contributed by atoms with Crippen molar-refractivity contribution >= 4 is 37.1 Å². The van der Waals surface area contributed by atoms with Crippen molar-refractivity contribution in [2.24, 2.45) is 5.92 Å². The van der Waals surface area contributed by atoms with Gasteiger partial charge < -0.3 is 4.74 Å². The van der Waals surface area contributed by atoms with E-state index in [-0.39, 0.29) is 15.7 Å². The van der Waals surface area contributed by atoms with E-state index < -0.39 is 19.9 Å².